The SMILES string of the molecule is CC(C)[C@H](N)C(=O)NC1CC(C)N(c2ccccc2)C1=O. The van der Waals surface area contributed by atoms with Gasteiger partial charge in [0.05, 0.1) is 6.04 Å². The number of carbonyl (C=O) groups excluding carboxylic acids is 2. The van der Waals surface area contributed by atoms with Gasteiger partial charge in [0.15, 0.2) is 0 Å². The van der Waals surface area contributed by atoms with Gasteiger partial charge < -0.3 is 16.0 Å². The molecular formula is C16H23N3O2. The number of para-hydroxylation sites is 1. The zero-order chi connectivity index (χ0) is 15.6. The van der Waals surface area contributed by atoms with Crippen LogP contribution in [0, 0.1) is 5.92 Å². The number of hydrogen-bond donors (Lipinski definition) is 2. The lowest BCUT2D eigenvalue weighted by atomic mass is 10.0. The molecule has 0 spiro atoms. The van der Waals surface area contributed by atoms with Crippen molar-refractivity contribution in [3.05, 3.63) is 30.3 Å². The second kappa shape index (κ2) is 6.26. The lowest BCUT2D eigenvalue weighted by Gasteiger charge is -2.22. The van der Waals surface area contributed by atoms with E-state index >= 15 is 0 Å². The Morgan fingerprint density at radius 3 is 2.52 bits per heavy atom. The average molecular weight is 289 g/mol. The third-order valence-electron chi connectivity index (χ3n) is 3.92. The third-order valence-corrected chi connectivity index (χ3v) is 3.92. The highest BCUT2D eigenvalue weighted by Gasteiger charge is 2.39. The minimum Gasteiger partial charge on any atom is -0.343 e. The van der Waals surface area contributed by atoms with Crippen molar-refractivity contribution in [2.45, 2.75) is 45.3 Å². The van der Waals surface area contributed by atoms with Crippen LogP contribution in [0.2, 0.25) is 0 Å². The molecule has 1 fully saturated rings. The van der Waals surface area contributed by atoms with Crippen LogP contribution in [0.3, 0.4) is 0 Å². The number of nitrogens with two attached hydrogens (primary N) is 1. The lowest BCUT2D eigenvalue weighted by Crippen LogP contribution is -2.50. The normalized spacial score (nSPS) is 23.5. The Hall–Kier alpha value is -1.88. The zero-order valence-electron chi connectivity index (χ0n) is 12.7. The molecule has 2 unspecified atom stereocenters. The van der Waals surface area contributed by atoms with Crippen molar-refractivity contribution >= 4 is 17.5 Å². The maximum absolute atomic E-state index is 12.5. The number of benzene rings is 1. The largest absolute Gasteiger partial charge is 0.343 e. The van der Waals surface area contributed by atoms with Gasteiger partial charge in [0.2, 0.25) is 11.8 Å². The summed E-state index contributed by atoms with van der Waals surface area (Å²) in [4.78, 5) is 26.3. The van der Waals surface area contributed by atoms with Crippen molar-refractivity contribution < 1.29 is 9.59 Å². The monoisotopic (exact) mass is 289 g/mol. The van der Waals surface area contributed by atoms with E-state index in [9.17, 15) is 9.59 Å². The highest BCUT2D eigenvalue weighted by atomic mass is 16.2. The molecule has 0 radical (unpaired) electrons. The maximum atomic E-state index is 12.5. The van der Waals surface area contributed by atoms with E-state index in [-0.39, 0.29) is 23.8 Å². The summed E-state index contributed by atoms with van der Waals surface area (Å²) in [6, 6.07) is 8.50. The number of nitrogens with zero attached hydrogens (tertiary/aromatic N) is 1. The predicted octanol–water partition coefficient (Wildman–Crippen LogP) is 1.28. The van der Waals surface area contributed by atoms with Crippen molar-refractivity contribution in [2.75, 3.05) is 4.90 Å². The van der Waals surface area contributed by atoms with E-state index in [2.05, 4.69) is 5.32 Å². The molecule has 0 aliphatic carbocycles. The van der Waals surface area contributed by atoms with Gasteiger partial charge in [-0.15, -0.1) is 0 Å². The van der Waals surface area contributed by atoms with Gasteiger partial charge in [-0.1, -0.05) is 32.0 Å². The van der Waals surface area contributed by atoms with Crippen LogP contribution < -0.4 is 16.0 Å². The smallest absolute Gasteiger partial charge is 0.249 e. The molecule has 5 heteroatoms. The number of carbonyl (C=O) groups is 2. The standard InChI is InChI=1S/C16H23N3O2/c1-10(2)14(17)15(20)18-13-9-11(3)19(16(13)21)12-7-5-4-6-8-12/h4-8,10-11,13-14H,9,17H2,1-3H3,(H,18,20)/t11?,13?,14-/m0/s1. The summed E-state index contributed by atoms with van der Waals surface area (Å²) in [5.41, 5.74) is 6.69. The quantitative estimate of drug-likeness (QED) is 0.876. The molecule has 114 valence electrons. The summed E-state index contributed by atoms with van der Waals surface area (Å²) >= 11 is 0. The van der Waals surface area contributed by atoms with Crippen molar-refractivity contribution in [1.82, 2.24) is 5.32 Å². The third kappa shape index (κ3) is 3.24. The minimum atomic E-state index is -0.584. The second-order valence-electron chi connectivity index (χ2n) is 5.96. The van der Waals surface area contributed by atoms with E-state index in [1.54, 1.807) is 4.90 Å². The first kappa shape index (κ1) is 15.5. The van der Waals surface area contributed by atoms with Crippen molar-refractivity contribution in [3.63, 3.8) is 0 Å². The van der Waals surface area contributed by atoms with E-state index in [0.29, 0.717) is 6.42 Å². The predicted molar refractivity (Wildman–Crippen MR) is 82.8 cm³/mol. The molecule has 1 saturated heterocycles. The van der Waals surface area contributed by atoms with Crippen molar-refractivity contribution in [1.29, 1.82) is 0 Å². The topological polar surface area (TPSA) is 75.4 Å². The first-order chi connectivity index (χ1) is 9.91. The van der Waals surface area contributed by atoms with Crippen LogP contribution >= 0.6 is 0 Å². The van der Waals surface area contributed by atoms with Gasteiger partial charge in [0, 0.05) is 11.7 Å². The van der Waals surface area contributed by atoms with Crippen molar-refractivity contribution in [2.24, 2.45) is 11.7 Å². The Bertz CT molecular complexity index is 516. The number of anilines is 1. The Kier molecular flexibility index (Phi) is 4.63. The Morgan fingerprint density at radius 1 is 1.33 bits per heavy atom. The Labute approximate surface area is 125 Å². The Morgan fingerprint density at radius 2 is 1.95 bits per heavy atom. The van der Waals surface area contributed by atoms with E-state index in [0.717, 1.165) is 5.69 Å². The number of hydrogen-bond acceptors (Lipinski definition) is 3. The molecule has 2 amide bonds. The molecule has 1 aliphatic heterocycles. The molecule has 5 nitrogen and oxygen atoms in total. The maximum Gasteiger partial charge on any atom is 0.249 e. The summed E-state index contributed by atoms with van der Waals surface area (Å²) in [6.07, 6.45) is 0.601. The molecule has 1 aromatic rings. The minimum absolute atomic E-state index is 0.0455. The molecule has 0 aromatic heterocycles. The summed E-state index contributed by atoms with van der Waals surface area (Å²) in [5.74, 6) is -0.285. The molecule has 3 N–H and O–H groups in total. The van der Waals surface area contributed by atoms with E-state index in [1.807, 2.05) is 51.1 Å². The van der Waals surface area contributed by atoms with Crippen LogP contribution in [-0.4, -0.2) is 29.9 Å². The first-order valence-corrected chi connectivity index (χ1v) is 7.36. The highest BCUT2D eigenvalue weighted by molar-refractivity contribution is 6.02. The van der Waals surface area contributed by atoms with Gasteiger partial charge in [0.1, 0.15) is 6.04 Å². The van der Waals surface area contributed by atoms with Gasteiger partial charge >= 0.3 is 0 Å². The summed E-state index contributed by atoms with van der Waals surface area (Å²) in [7, 11) is 0. The summed E-state index contributed by atoms with van der Waals surface area (Å²) in [5, 5.41) is 2.78. The van der Waals surface area contributed by atoms with Crippen LogP contribution in [0.25, 0.3) is 0 Å². The molecule has 3 atom stereocenters. The number of rotatable bonds is 4. The fourth-order valence-corrected chi connectivity index (χ4v) is 2.59. The molecular weight excluding hydrogens is 266 g/mol. The van der Waals surface area contributed by atoms with Crippen molar-refractivity contribution in [3.8, 4) is 0 Å². The molecule has 1 heterocycles. The van der Waals surface area contributed by atoms with Crippen LogP contribution in [0.15, 0.2) is 30.3 Å². The zero-order valence-corrected chi connectivity index (χ0v) is 12.7. The van der Waals surface area contributed by atoms with Gasteiger partial charge in [-0.25, -0.2) is 0 Å². The van der Waals surface area contributed by atoms with E-state index in [4.69, 9.17) is 5.73 Å². The van der Waals surface area contributed by atoms with E-state index < -0.39 is 12.1 Å². The summed E-state index contributed by atoms with van der Waals surface area (Å²) in [6.45, 7) is 5.76. The number of nitrogens with one attached hydrogen (secondary N) is 1. The fourth-order valence-electron chi connectivity index (χ4n) is 2.59. The van der Waals surface area contributed by atoms with Gasteiger partial charge in [-0.2, -0.15) is 0 Å². The van der Waals surface area contributed by atoms with Crippen LogP contribution in [-0.2, 0) is 9.59 Å². The highest BCUT2D eigenvalue weighted by Crippen LogP contribution is 2.26. The molecule has 2 rings (SSSR count). The van der Waals surface area contributed by atoms with Gasteiger partial charge in [-0.3, -0.25) is 9.59 Å². The lowest BCUT2D eigenvalue weighted by molar-refractivity contribution is -0.127. The van der Waals surface area contributed by atoms with E-state index in [1.165, 1.54) is 0 Å². The van der Waals surface area contributed by atoms with Gasteiger partial charge in [0.25, 0.3) is 0 Å². The molecule has 21 heavy (non-hydrogen) atoms. The second-order valence-corrected chi connectivity index (χ2v) is 5.96. The van der Waals surface area contributed by atoms with Crippen LogP contribution in [0.1, 0.15) is 27.2 Å². The first-order valence-electron chi connectivity index (χ1n) is 7.36. The van der Waals surface area contributed by atoms with Crippen LogP contribution in [0.5, 0.6) is 0 Å². The number of amides is 2. The molecule has 1 aromatic carbocycles. The fraction of sp³-hybridized carbons (Fsp3) is 0.500. The average Bonchev–Trinajstić information content (AvgIpc) is 2.73. The Balaban J connectivity index is 2.08. The van der Waals surface area contributed by atoms with Crippen LogP contribution in [0.4, 0.5) is 5.69 Å². The molecule has 0 bridgehead atoms. The molecule has 0 saturated carbocycles. The molecule has 1 aliphatic rings. The van der Waals surface area contributed by atoms with Gasteiger partial charge in [-0.05, 0) is 31.4 Å². The summed E-state index contributed by atoms with van der Waals surface area (Å²) < 4.78 is 0.